The lowest BCUT2D eigenvalue weighted by Crippen LogP contribution is -2.14. The Kier molecular flexibility index (Phi) is 2.23. The largest absolute Gasteiger partial charge is 0.493 e. The third kappa shape index (κ3) is 1.50. The van der Waals surface area contributed by atoms with E-state index < -0.39 is 0 Å². The van der Waals surface area contributed by atoms with E-state index in [1.807, 2.05) is 12.1 Å². The van der Waals surface area contributed by atoms with Crippen LogP contribution in [0.15, 0.2) is 12.1 Å². The van der Waals surface area contributed by atoms with Crippen molar-refractivity contribution in [2.75, 3.05) is 6.61 Å². The van der Waals surface area contributed by atoms with E-state index >= 15 is 0 Å². The molecule has 2 heteroatoms. The van der Waals surface area contributed by atoms with E-state index in [2.05, 4.69) is 20.8 Å². The third-order valence-electron chi connectivity index (χ3n) is 2.58. The van der Waals surface area contributed by atoms with Crippen LogP contribution in [0.5, 0.6) is 5.75 Å². The lowest BCUT2D eigenvalue weighted by Gasteiger charge is -2.23. The minimum Gasteiger partial charge on any atom is -0.493 e. The maximum absolute atomic E-state index is 6.24. The highest BCUT2D eigenvalue weighted by atomic mass is 35.5. The van der Waals surface area contributed by atoms with Crippen LogP contribution >= 0.6 is 11.6 Å². The SMILES string of the molecule is CC(C)(C)c1c(Cl)ccc2c1CCO2. The van der Waals surface area contributed by atoms with Crippen molar-refractivity contribution in [1.29, 1.82) is 0 Å². The molecular formula is C12H15ClO. The van der Waals surface area contributed by atoms with E-state index in [9.17, 15) is 0 Å². The molecule has 1 nitrogen and oxygen atoms in total. The highest BCUT2D eigenvalue weighted by Crippen LogP contribution is 2.39. The number of fused-ring (bicyclic) bond motifs is 1. The van der Waals surface area contributed by atoms with E-state index in [0.29, 0.717) is 0 Å². The molecule has 14 heavy (non-hydrogen) atoms. The molecule has 0 N–H and O–H groups in total. The van der Waals surface area contributed by atoms with Crippen LogP contribution in [0, 0.1) is 0 Å². The quantitative estimate of drug-likeness (QED) is 0.636. The molecule has 1 aliphatic heterocycles. The first kappa shape index (κ1) is 9.85. The molecule has 0 aliphatic carbocycles. The van der Waals surface area contributed by atoms with E-state index in [4.69, 9.17) is 16.3 Å². The first-order chi connectivity index (χ1) is 6.50. The molecule has 0 bridgehead atoms. The first-order valence-corrected chi connectivity index (χ1v) is 5.32. The monoisotopic (exact) mass is 210 g/mol. The molecule has 0 unspecified atom stereocenters. The van der Waals surface area contributed by atoms with Crippen LogP contribution in [0.1, 0.15) is 31.9 Å². The van der Waals surface area contributed by atoms with Crippen molar-refractivity contribution in [1.82, 2.24) is 0 Å². The summed E-state index contributed by atoms with van der Waals surface area (Å²) in [5.74, 6) is 1.01. The Labute approximate surface area is 90.0 Å². The Morgan fingerprint density at radius 3 is 2.64 bits per heavy atom. The number of ether oxygens (including phenoxy) is 1. The summed E-state index contributed by atoms with van der Waals surface area (Å²) in [5.41, 5.74) is 2.63. The van der Waals surface area contributed by atoms with Gasteiger partial charge in [-0.05, 0) is 23.1 Å². The summed E-state index contributed by atoms with van der Waals surface area (Å²) in [6.45, 7) is 7.35. The van der Waals surface area contributed by atoms with Crippen LogP contribution in [0.25, 0.3) is 0 Å². The van der Waals surface area contributed by atoms with E-state index in [1.54, 1.807) is 0 Å². The summed E-state index contributed by atoms with van der Waals surface area (Å²) < 4.78 is 5.53. The maximum Gasteiger partial charge on any atom is 0.123 e. The highest BCUT2D eigenvalue weighted by molar-refractivity contribution is 6.31. The second-order valence-corrected chi connectivity index (χ2v) is 5.15. The van der Waals surface area contributed by atoms with Gasteiger partial charge in [-0.25, -0.2) is 0 Å². The third-order valence-corrected chi connectivity index (χ3v) is 2.89. The van der Waals surface area contributed by atoms with Crippen LogP contribution in [0.3, 0.4) is 0 Å². The van der Waals surface area contributed by atoms with Gasteiger partial charge in [0.05, 0.1) is 6.61 Å². The number of hydrogen-bond donors (Lipinski definition) is 0. The number of halogens is 1. The zero-order valence-electron chi connectivity index (χ0n) is 8.86. The summed E-state index contributed by atoms with van der Waals surface area (Å²) in [7, 11) is 0. The molecule has 0 fully saturated rings. The fraction of sp³-hybridized carbons (Fsp3) is 0.500. The van der Waals surface area contributed by atoms with E-state index in [0.717, 1.165) is 23.8 Å². The molecule has 0 aromatic heterocycles. The fourth-order valence-corrected chi connectivity index (χ4v) is 2.52. The topological polar surface area (TPSA) is 9.23 Å². The summed E-state index contributed by atoms with van der Waals surface area (Å²) in [5, 5.41) is 0.863. The van der Waals surface area contributed by atoms with Crippen molar-refractivity contribution in [2.24, 2.45) is 0 Å². The lowest BCUT2D eigenvalue weighted by atomic mass is 9.83. The highest BCUT2D eigenvalue weighted by Gasteiger charge is 2.26. The van der Waals surface area contributed by atoms with Gasteiger partial charge in [0.25, 0.3) is 0 Å². The molecular weight excluding hydrogens is 196 g/mol. The second-order valence-electron chi connectivity index (χ2n) is 4.75. The van der Waals surface area contributed by atoms with Crippen molar-refractivity contribution >= 4 is 11.6 Å². The van der Waals surface area contributed by atoms with Gasteiger partial charge in [-0.3, -0.25) is 0 Å². The van der Waals surface area contributed by atoms with E-state index in [-0.39, 0.29) is 5.41 Å². The molecule has 2 rings (SSSR count). The van der Waals surface area contributed by atoms with Gasteiger partial charge in [0.1, 0.15) is 5.75 Å². The van der Waals surface area contributed by atoms with Gasteiger partial charge >= 0.3 is 0 Å². The fourth-order valence-electron chi connectivity index (χ4n) is 2.06. The van der Waals surface area contributed by atoms with Gasteiger partial charge in [0.2, 0.25) is 0 Å². The minimum absolute atomic E-state index is 0.0934. The van der Waals surface area contributed by atoms with Crippen LogP contribution in [0.2, 0.25) is 5.02 Å². The average molecular weight is 211 g/mol. The van der Waals surface area contributed by atoms with Crippen LogP contribution in [0.4, 0.5) is 0 Å². The first-order valence-electron chi connectivity index (χ1n) is 4.95. The Hall–Kier alpha value is -0.690. The number of benzene rings is 1. The van der Waals surface area contributed by atoms with E-state index in [1.165, 1.54) is 11.1 Å². The molecule has 1 aromatic rings. The Morgan fingerprint density at radius 2 is 2.00 bits per heavy atom. The van der Waals surface area contributed by atoms with Crippen molar-refractivity contribution < 1.29 is 4.74 Å². The molecule has 0 saturated carbocycles. The molecule has 0 radical (unpaired) electrons. The maximum atomic E-state index is 6.24. The van der Waals surface area contributed by atoms with Gasteiger partial charge in [0.15, 0.2) is 0 Å². The van der Waals surface area contributed by atoms with Gasteiger partial charge in [0, 0.05) is 17.0 Å². The number of hydrogen-bond acceptors (Lipinski definition) is 1. The van der Waals surface area contributed by atoms with Crippen LogP contribution in [-0.2, 0) is 11.8 Å². The second kappa shape index (κ2) is 3.16. The molecule has 1 aliphatic rings. The summed E-state index contributed by atoms with van der Waals surface area (Å²) in [4.78, 5) is 0. The van der Waals surface area contributed by atoms with Gasteiger partial charge < -0.3 is 4.74 Å². The molecule has 0 saturated heterocycles. The van der Waals surface area contributed by atoms with Crippen molar-refractivity contribution in [3.8, 4) is 5.75 Å². The number of rotatable bonds is 0. The van der Waals surface area contributed by atoms with Crippen molar-refractivity contribution in [2.45, 2.75) is 32.6 Å². The molecule has 76 valence electrons. The zero-order valence-corrected chi connectivity index (χ0v) is 9.61. The smallest absolute Gasteiger partial charge is 0.123 e. The predicted molar refractivity (Wildman–Crippen MR) is 59.4 cm³/mol. The van der Waals surface area contributed by atoms with Gasteiger partial charge in [-0.15, -0.1) is 0 Å². The summed E-state index contributed by atoms with van der Waals surface area (Å²) in [6.07, 6.45) is 0.989. The summed E-state index contributed by atoms with van der Waals surface area (Å²) >= 11 is 6.24. The molecule has 0 atom stereocenters. The molecule has 1 heterocycles. The van der Waals surface area contributed by atoms with Crippen LogP contribution in [-0.4, -0.2) is 6.61 Å². The standard InChI is InChI=1S/C12H15ClO/c1-12(2,3)11-8-6-7-14-10(8)5-4-9(11)13/h4-5H,6-7H2,1-3H3. The lowest BCUT2D eigenvalue weighted by molar-refractivity contribution is 0.357. The molecule has 1 aromatic carbocycles. The average Bonchev–Trinajstić information content (AvgIpc) is 2.48. The normalized spacial score (nSPS) is 15.1. The molecule has 0 amide bonds. The summed E-state index contributed by atoms with van der Waals surface area (Å²) in [6, 6.07) is 3.91. The molecule has 0 spiro atoms. The van der Waals surface area contributed by atoms with Crippen LogP contribution < -0.4 is 4.74 Å². The van der Waals surface area contributed by atoms with Gasteiger partial charge in [-0.1, -0.05) is 32.4 Å². The Balaban J connectivity index is 2.63. The minimum atomic E-state index is 0.0934. The van der Waals surface area contributed by atoms with Gasteiger partial charge in [-0.2, -0.15) is 0 Å². The Bertz CT molecular complexity index is 363. The predicted octanol–water partition coefficient (Wildman–Crippen LogP) is 3.57. The Morgan fingerprint density at radius 1 is 1.29 bits per heavy atom. The van der Waals surface area contributed by atoms with Crippen molar-refractivity contribution in [3.63, 3.8) is 0 Å². The zero-order chi connectivity index (χ0) is 10.3. The van der Waals surface area contributed by atoms with Crippen molar-refractivity contribution in [3.05, 3.63) is 28.3 Å².